The van der Waals surface area contributed by atoms with Gasteiger partial charge in [0.1, 0.15) is 0 Å². The molecule has 1 aromatic carbocycles. The van der Waals surface area contributed by atoms with Crippen LogP contribution in [-0.4, -0.2) is 36.3 Å². The van der Waals surface area contributed by atoms with E-state index in [1.807, 2.05) is 23.1 Å². The van der Waals surface area contributed by atoms with E-state index in [2.05, 4.69) is 5.32 Å². The zero-order valence-corrected chi connectivity index (χ0v) is 15.7. The molecule has 5 nitrogen and oxygen atoms in total. The van der Waals surface area contributed by atoms with Gasteiger partial charge in [0.2, 0.25) is 11.8 Å². The molecule has 1 saturated heterocycles. The largest absolute Gasteiger partial charge is 0.342 e. The average Bonchev–Trinajstić information content (AvgIpc) is 3.24. The molecule has 26 heavy (non-hydrogen) atoms. The van der Waals surface area contributed by atoms with Crippen molar-refractivity contribution in [3.05, 3.63) is 28.8 Å². The van der Waals surface area contributed by atoms with Crippen LogP contribution in [-0.2, 0) is 9.59 Å². The van der Waals surface area contributed by atoms with E-state index < -0.39 is 0 Å². The van der Waals surface area contributed by atoms with Crippen LogP contribution in [0.2, 0.25) is 5.02 Å². The fraction of sp³-hybridized carbons (Fsp3) is 0.600. The Morgan fingerprint density at radius 2 is 2.00 bits per heavy atom. The summed E-state index contributed by atoms with van der Waals surface area (Å²) in [5, 5.41) is 3.60. The van der Waals surface area contributed by atoms with E-state index in [-0.39, 0.29) is 29.6 Å². The van der Waals surface area contributed by atoms with Gasteiger partial charge in [0.05, 0.1) is 5.92 Å². The van der Waals surface area contributed by atoms with Crippen LogP contribution in [0, 0.1) is 17.8 Å². The summed E-state index contributed by atoms with van der Waals surface area (Å²) in [4.78, 5) is 27.4. The molecule has 0 spiro atoms. The number of benzene rings is 1. The lowest BCUT2D eigenvalue weighted by atomic mass is 9.80. The average molecular weight is 376 g/mol. The zero-order chi connectivity index (χ0) is 18.3. The molecule has 0 bridgehead atoms. The van der Waals surface area contributed by atoms with Gasteiger partial charge in [-0.2, -0.15) is 0 Å². The zero-order valence-electron chi connectivity index (χ0n) is 14.9. The summed E-state index contributed by atoms with van der Waals surface area (Å²) in [6.45, 7) is 2.09. The summed E-state index contributed by atoms with van der Waals surface area (Å²) >= 11 is 6.04. The van der Waals surface area contributed by atoms with E-state index in [0.29, 0.717) is 17.5 Å². The Bertz CT molecular complexity index is 715. The quantitative estimate of drug-likeness (QED) is 0.852. The molecule has 0 radical (unpaired) electrons. The second-order valence-corrected chi connectivity index (χ2v) is 8.33. The Morgan fingerprint density at radius 1 is 1.23 bits per heavy atom. The van der Waals surface area contributed by atoms with Crippen molar-refractivity contribution in [3.8, 4) is 0 Å². The smallest absolute Gasteiger partial charge is 0.232 e. The molecule has 3 atom stereocenters. The summed E-state index contributed by atoms with van der Waals surface area (Å²) < 4.78 is 0. The predicted molar refractivity (Wildman–Crippen MR) is 102 cm³/mol. The lowest BCUT2D eigenvalue weighted by Crippen LogP contribution is -2.44. The Kier molecular flexibility index (Phi) is 4.93. The number of amides is 2. The molecule has 3 N–H and O–H groups in total. The molecule has 1 aliphatic carbocycles. The highest BCUT2D eigenvalue weighted by Crippen LogP contribution is 2.42. The number of carbonyl (C=O) groups excluding carboxylic acids is 2. The minimum atomic E-state index is -0.122. The lowest BCUT2D eigenvalue weighted by Gasteiger charge is -2.36. The van der Waals surface area contributed by atoms with Gasteiger partial charge >= 0.3 is 0 Å². The van der Waals surface area contributed by atoms with Crippen molar-refractivity contribution in [1.82, 2.24) is 4.90 Å². The number of nitrogens with two attached hydrogens (primary N) is 1. The number of rotatable bonds is 3. The third-order valence-corrected chi connectivity index (χ3v) is 6.73. The van der Waals surface area contributed by atoms with Crippen molar-refractivity contribution in [1.29, 1.82) is 0 Å². The molecule has 6 heteroatoms. The van der Waals surface area contributed by atoms with Crippen molar-refractivity contribution in [2.24, 2.45) is 23.5 Å². The van der Waals surface area contributed by atoms with Gasteiger partial charge in [0.15, 0.2) is 0 Å². The normalized spacial score (nSPS) is 28.9. The number of anilines is 1. The molecule has 2 amide bonds. The molecule has 2 heterocycles. The van der Waals surface area contributed by atoms with Crippen molar-refractivity contribution in [3.63, 3.8) is 0 Å². The number of nitrogens with one attached hydrogen (secondary N) is 1. The highest BCUT2D eigenvalue weighted by Gasteiger charge is 2.41. The van der Waals surface area contributed by atoms with Gasteiger partial charge in [-0.25, -0.2) is 0 Å². The summed E-state index contributed by atoms with van der Waals surface area (Å²) in [6, 6.07) is 5.63. The second kappa shape index (κ2) is 7.20. The first-order valence-electron chi connectivity index (χ1n) is 9.67. The van der Waals surface area contributed by atoms with Crippen LogP contribution in [0.5, 0.6) is 0 Å². The summed E-state index contributed by atoms with van der Waals surface area (Å²) in [7, 11) is 0. The van der Waals surface area contributed by atoms with Gasteiger partial charge in [-0.1, -0.05) is 24.1 Å². The summed E-state index contributed by atoms with van der Waals surface area (Å²) in [5.41, 5.74) is 7.72. The molecule has 140 valence electrons. The third kappa shape index (κ3) is 3.12. The first-order chi connectivity index (χ1) is 12.6. The number of carbonyl (C=O) groups is 2. The van der Waals surface area contributed by atoms with Crippen LogP contribution >= 0.6 is 11.6 Å². The van der Waals surface area contributed by atoms with Crippen LogP contribution in [0.15, 0.2) is 18.2 Å². The van der Waals surface area contributed by atoms with E-state index >= 15 is 0 Å². The molecular weight excluding hydrogens is 350 g/mol. The molecular formula is C20H26ClN3O2. The van der Waals surface area contributed by atoms with E-state index in [1.165, 1.54) is 0 Å². The van der Waals surface area contributed by atoms with E-state index in [0.717, 1.165) is 56.4 Å². The van der Waals surface area contributed by atoms with Crippen LogP contribution in [0.4, 0.5) is 5.69 Å². The van der Waals surface area contributed by atoms with Gasteiger partial charge in [-0.05, 0) is 61.8 Å². The van der Waals surface area contributed by atoms with E-state index in [1.54, 1.807) is 0 Å². The maximum atomic E-state index is 12.9. The first-order valence-corrected chi connectivity index (χ1v) is 10.1. The number of piperidine rings is 1. The number of likely N-dealkylation sites (tertiary alicyclic amines) is 1. The first kappa shape index (κ1) is 17.8. The topological polar surface area (TPSA) is 75.4 Å². The third-order valence-electron chi connectivity index (χ3n) is 6.49. The van der Waals surface area contributed by atoms with Crippen LogP contribution < -0.4 is 11.1 Å². The molecule has 4 rings (SSSR count). The molecule has 0 aromatic heterocycles. The lowest BCUT2D eigenvalue weighted by molar-refractivity contribution is -0.138. The summed E-state index contributed by atoms with van der Waals surface area (Å²) in [5.74, 6) is 0.940. The molecule has 1 unspecified atom stereocenters. The Hall–Kier alpha value is -1.59. The number of hydrogen-bond acceptors (Lipinski definition) is 3. The van der Waals surface area contributed by atoms with Crippen LogP contribution in [0.25, 0.3) is 0 Å². The fourth-order valence-electron chi connectivity index (χ4n) is 5.06. The molecule has 1 saturated carbocycles. The maximum Gasteiger partial charge on any atom is 0.232 e. The minimum Gasteiger partial charge on any atom is -0.342 e. The standard InChI is InChI=1S/C20H26ClN3O2/c21-14-4-5-16-17(10-14)23-19(25)18(16)12-6-8-24(9-7-12)20(26)15-3-1-2-13(15)11-22/h4-5,10,12-13,15,18H,1-3,6-9,11,22H2,(H,23,25)/t13-,15-,18?/m1/s1. The summed E-state index contributed by atoms with van der Waals surface area (Å²) in [6.07, 6.45) is 4.89. The van der Waals surface area contributed by atoms with Crippen molar-refractivity contribution in [2.75, 3.05) is 25.0 Å². The highest BCUT2D eigenvalue weighted by molar-refractivity contribution is 6.31. The molecule has 1 aromatic rings. The second-order valence-electron chi connectivity index (χ2n) is 7.89. The van der Waals surface area contributed by atoms with E-state index in [9.17, 15) is 9.59 Å². The van der Waals surface area contributed by atoms with Gasteiger partial charge in [0.25, 0.3) is 0 Å². The molecule has 2 fully saturated rings. The number of fused-ring (bicyclic) bond motifs is 1. The predicted octanol–water partition coefficient (Wildman–Crippen LogP) is 2.99. The Morgan fingerprint density at radius 3 is 2.73 bits per heavy atom. The molecule has 3 aliphatic rings. The number of halogens is 1. The van der Waals surface area contributed by atoms with Gasteiger partial charge in [-0.15, -0.1) is 0 Å². The van der Waals surface area contributed by atoms with Crippen molar-refractivity contribution >= 4 is 29.1 Å². The highest BCUT2D eigenvalue weighted by atomic mass is 35.5. The molecule has 2 aliphatic heterocycles. The van der Waals surface area contributed by atoms with E-state index in [4.69, 9.17) is 17.3 Å². The minimum absolute atomic E-state index is 0.0611. The number of nitrogens with zero attached hydrogens (tertiary/aromatic N) is 1. The Balaban J connectivity index is 1.41. The van der Waals surface area contributed by atoms with Crippen LogP contribution in [0.3, 0.4) is 0 Å². The maximum absolute atomic E-state index is 12.9. The Labute approximate surface area is 159 Å². The van der Waals surface area contributed by atoms with Crippen LogP contribution in [0.1, 0.15) is 43.6 Å². The monoisotopic (exact) mass is 375 g/mol. The SMILES string of the molecule is NC[C@H]1CCC[C@H]1C(=O)N1CCC(C2C(=O)Nc3cc(Cl)ccc32)CC1. The van der Waals surface area contributed by atoms with Gasteiger partial charge in [-0.3, -0.25) is 9.59 Å². The number of hydrogen-bond donors (Lipinski definition) is 2. The van der Waals surface area contributed by atoms with Crippen molar-refractivity contribution < 1.29 is 9.59 Å². The van der Waals surface area contributed by atoms with Gasteiger partial charge in [0, 0.05) is 29.7 Å². The van der Waals surface area contributed by atoms with Crippen molar-refractivity contribution in [2.45, 2.75) is 38.0 Å². The van der Waals surface area contributed by atoms with Gasteiger partial charge < -0.3 is 16.0 Å². The fourth-order valence-corrected chi connectivity index (χ4v) is 5.23.